The van der Waals surface area contributed by atoms with Gasteiger partial charge in [-0.25, -0.2) is 40.2 Å². The highest BCUT2D eigenvalue weighted by atomic mass is 32.2. The molecule has 0 amide bonds. The SMILES string of the molecule is Cc1ccsc1-c1cc(-c2nc(-c3ccc(S(=O)(=O)C4CCCNC4)cc3)cnc2C)on1.Cc1ncc(-c2ccc(S(=O)(=O)C3CCCNC3)cc2)nc1-c1cc(-c2ccccc2)no1.Cc1ncc(-c2ccc(S(=O)(=O)C3CCCNC3)cc2)nc1-c1cc(-c2cccs2)no1. The number of rotatable bonds is 15. The van der Waals surface area contributed by atoms with E-state index in [4.69, 9.17) is 28.5 Å². The molecule has 15 rings (SSSR count). The molecular weight excluding hydrogens is 1340 g/mol. The number of nitrogens with one attached hydrogen (secondary N) is 3. The van der Waals surface area contributed by atoms with Crippen molar-refractivity contribution < 1.29 is 38.8 Å². The van der Waals surface area contributed by atoms with Crippen molar-refractivity contribution in [3.8, 4) is 101 Å². The first-order valence-corrected chi connectivity index (χ1v) is 38.6. The molecule has 0 aliphatic carbocycles. The molecule has 3 unspecified atom stereocenters. The maximum Gasteiger partial charge on any atom is 0.187 e. The number of piperidine rings is 3. The third-order valence-electron chi connectivity index (χ3n) is 17.5. The second kappa shape index (κ2) is 29.5. The van der Waals surface area contributed by atoms with Gasteiger partial charge in [-0.15, -0.1) is 22.7 Å². The highest BCUT2D eigenvalue weighted by Crippen LogP contribution is 2.36. The number of aromatic nitrogens is 9. The molecule has 12 aromatic rings. The molecule has 3 saturated heterocycles. The molecule has 98 heavy (non-hydrogen) atoms. The van der Waals surface area contributed by atoms with Crippen LogP contribution in [0.15, 0.2) is 197 Å². The highest BCUT2D eigenvalue weighted by Gasteiger charge is 2.32. The Hall–Kier alpha value is -9.12. The lowest BCUT2D eigenvalue weighted by Gasteiger charge is -2.22. The third-order valence-corrected chi connectivity index (χ3v) is 26.1. The summed E-state index contributed by atoms with van der Waals surface area (Å²) in [4.78, 5) is 30.8. The predicted molar refractivity (Wildman–Crippen MR) is 379 cm³/mol. The van der Waals surface area contributed by atoms with E-state index >= 15 is 0 Å². The molecule has 0 spiro atoms. The number of hydrogen-bond donors (Lipinski definition) is 3. The van der Waals surface area contributed by atoms with Crippen LogP contribution >= 0.6 is 22.7 Å². The summed E-state index contributed by atoms with van der Waals surface area (Å²) in [7, 11) is -10.1. The Kier molecular flexibility index (Phi) is 20.3. The van der Waals surface area contributed by atoms with Gasteiger partial charge in [0.15, 0.2) is 46.8 Å². The zero-order valence-electron chi connectivity index (χ0n) is 54.1. The lowest BCUT2D eigenvalue weighted by atomic mass is 10.1. The van der Waals surface area contributed by atoms with Crippen LogP contribution in [0, 0.1) is 27.7 Å². The Morgan fingerprint density at radius 3 is 1.14 bits per heavy atom. The van der Waals surface area contributed by atoms with E-state index in [0.717, 1.165) is 111 Å². The summed E-state index contributed by atoms with van der Waals surface area (Å²) in [6.07, 6.45) is 9.74. The van der Waals surface area contributed by atoms with Crippen molar-refractivity contribution >= 4 is 52.2 Å². The first-order valence-electron chi connectivity index (χ1n) is 32.2. The number of thiophene rings is 2. The van der Waals surface area contributed by atoms with E-state index in [0.29, 0.717) is 105 Å². The average molecular weight is 1410 g/mol. The van der Waals surface area contributed by atoms with E-state index in [-0.39, 0.29) is 15.7 Å². The molecule has 0 bridgehead atoms. The van der Waals surface area contributed by atoms with Crippen LogP contribution in [0.3, 0.4) is 0 Å². The van der Waals surface area contributed by atoms with Gasteiger partial charge in [-0.05, 0) is 151 Å². The lowest BCUT2D eigenvalue weighted by molar-refractivity contribution is 0.433. The van der Waals surface area contributed by atoms with Crippen LogP contribution < -0.4 is 16.0 Å². The van der Waals surface area contributed by atoms with Crippen LogP contribution in [0.2, 0.25) is 0 Å². The molecule has 3 aliphatic rings. The zero-order chi connectivity index (χ0) is 68.0. The summed E-state index contributed by atoms with van der Waals surface area (Å²) in [5.41, 5.74) is 12.7. The smallest absolute Gasteiger partial charge is 0.187 e. The fraction of sp³-hybridized carbons (Fsp3) is 0.264. The largest absolute Gasteiger partial charge is 0.354 e. The van der Waals surface area contributed by atoms with Crippen molar-refractivity contribution in [1.82, 2.24) is 61.3 Å². The summed E-state index contributed by atoms with van der Waals surface area (Å²) in [5, 5.41) is 25.0. The molecule has 21 nitrogen and oxygen atoms in total. The fourth-order valence-corrected chi connectivity index (χ4v) is 18.6. The highest BCUT2D eigenvalue weighted by molar-refractivity contribution is 7.92. The Balaban J connectivity index is 0.000000132. The Morgan fingerprint density at radius 1 is 0.398 bits per heavy atom. The maximum atomic E-state index is 13.0. The van der Waals surface area contributed by atoms with Crippen LogP contribution in [0.4, 0.5) is 0 Å². The second-order valence-electron chi connectivity index (χ2n) is 24.2. The van der Waals surface area contributed by atoms with Crippen molar-refractivity contribution in [2.45, 2.75) is 96.7 Å². The van der Waals surface area contributed by atoms with Gasteiger partial charge in [0.2, 0.25) is 0 Å². The maximum absolute atomic E-state index is 13.0. The molecule has 11 heterocycles. The lowest BCUT2D eigenvalue weighted by Crippen LogP contribution is -2.38. The van der Waals surface area contributed by atoms with Crippen molar-refractivity contribution in [2.24, 2.45) is 0 Å². The van der Waals surface area contributed by atoms with Gasteiger partial charge in [0, 0.05) is 60.1 Å². The zero-order valence-corrected chi connectivity index (χ0v) is 58.2. The molecular formula is C72H70N12O9S5. The molecule has 4 aromatic carbocycles. The van der Waals surface area contributed by atoms with E-state index in [2.05, 4.69) is 52.4 Å². The number of sulfone groups is 3. The predicted octanol–water partition coefficient (Wildman–Crippen LogP) is 13.3. The summed E-state index contributed by atoms with van der Waals surface area (Å²) >= 11 is 3.21. The van der Waals surface area contributed by atoms with E-state index in [1.165, 1.54) is 0 Å². The van der Waals surface area contributed by atoms with E-state index < -0.39 is 29.5 Å². The van der Waals surface area contributed by atoms with Gasteiger partial charge in [0.05, 0.1) is 92.9 Å². The minimum atomic E-state index is -3.36. The van der Waals surface area contributed by atoms with Crippen LogP contribution in [-0.4, -0.2) is 126 Å². The molecule has 26 heteroatoms. The average Bonchev–Trinajstić information content (AvgIpc) is 1.06. The van der Waals surface area contributed by atoms with Gasteiger partial charge in [-0.1, -0.05) is 88.3 Å². The first-order chi connectivity index (χ1) is 47.5. The molecule has 3 fully saturated rings. The Morgan fingerprint density at radius 2 is 0.776 bits per heavy atom. The molecule has 3 aliphatic heterocycles. The third kappa shape index (κ3) is 14.8. The first kappa shape index (κ1) is 67.4. The van der Waals surface area contributed by atoms with Gasteiger partial charge in [0.25, 0.3) is 0 Å². The van der Waals surface area contributed by atoms with E-state index in [1.54, 1.807) is 114 Å². The molecule has 502 valence electrons. The topological polar surface area (TPSA) is 294 Å². The van der Waals surface area contributed by atoms with Crippen molar-refractivity contribution in [3.05, 3.63) is 192 Å². The van der Waals surface area contributed by atoms with Crippen LogP contribution in [-0.2, 0) is 29.5 Å². The number of benzene rings is 4. The summed E-state index contributed by atoms with van der Waals surface area (Å²) in [6, 6.07) is 42.0. The van der Waals surface area contributed by atoms with Crippen LogP contribution in [0.5, 0.6) is 0 Å². The number of hydrogen-bond acceptors (Lipinski definition) is 23. The monoisotopic (exact) mass is 1410 g/mol. The van der Waals surface area contributed by atoms with Gasteiger partial charge >= 0.3 is 0 Å². The quantitative estimate of drug-likeness (QED) is 0.0859. The molecule has 3 N–H and O–H groups in total. The minimum absolute atomic E-state index is 0.336. The Bertz CT molecular complexity index is 5080. The number of nitrogens with zero attached hydrogens (tertiary/aromatic N) is 9. The fourth-order valence-electron chi connectivity index (χ4n) is 11.9. The van der Waals surface area contributed by atoms with Gasteiger partial charge in [-0.2, -0.15) is 0 Å². The Labute approximate surface area is 576 Å². The second-order valence-corrected chi connectivity index (χ2v) is 32.7. The van der Waals surface area contributed by atoms with Gasteiger partial charge in [0.1, 0.15) is 34.2 Å². The van der Waals surface area contributed by atoms with Gasteiger partial charge in [-0.3, -0.25) is 15.0 Å². The van der Waals surface area contributed by atoms with Crippen LogP contribution in [0.25, 0.3) is 101 Å². The molecule has 8 aromatic heterocycles. The van der Waals surface area contributed by atoms with Crippen molar-refractivity contribution in [3.63, 3.8) is 0 Å². The summed E-state index contributed by atoms with van der Waals surface area (Å²) in [5.74, 6) is 1.63. The standard InChI is InChI=1S/C25H24N4O3S.C24H24N4O3S2.C23H22N4O3S2/c1-17-25(24-14-22(29-32-24)18-6-3-2-4-7-18)28-23(16-27-17)19-9-11-20(12-10-19)33(30,31)21-8-5-13-26-15-21;1-15-9-11-32-24(15)20-12-22(31-28-20)23-16(2)26-14-21(27-23)17-5-7-18(8-6-17)33(29,30)19-4-3-10-25-13-19;1-15-23(21-12-19(27-30-21)22-5-3-11-31-22)26-20(14-25-15)16-6-8-17(9-7-16)32(28,29)18-4-2-10-24-13-18/h2-4,6-7,9-12,14,16,21,26H,5,8,13,15H2,1H3;5-9,11-12,14,19,25H,3-4,10,13H2,1-2H3;3,5-9,11-12,14,18,24H,2,4,10,13H2,1H3. The molecule has 0 radical (unpaired) electrons. The van der Waals surface area contributed by atoms with E-state index in [9.17, 15) is 25.3 Å². The van der Waals surface area contributed by atoms with E-state index in [1.807, 2.05) is 99.1 Å². The minimum Gasteiger partial charge on any atom is -0.354 e. The van der Waals surface area contributed by atoms with Gasteiger partial charge < -0.3 is 29.5 Å². The molecule has 3 atom stereocenters. The summed E-state index contributed by atoms with van der Waals surface area (Å²) in [6.45, 7) is 11.8. The number of aryl methyl sites for hydroxylation is 4. The van der Waals surface area contributed by atoms with Crippen LogP contribution in [0.1, 0.15) is 61.2 Å². The normalized spacial score (nSPS) is 16.7. The molecule has 0 saturated carbocycles. The van der Waals surface area contributed by atoms with Crippen molar-refractivity contribution in [1.29, 1.82) is 0 Å². The van der Waals surface area contributed by atoms with Crippen molar-refractivity contribution in [2.75, 3.05) is 39.3 Å². The summed E-state index contributed by atoms with van der Waals surface area (Å²) < 4.78 is 94.4.